The maximum absolute atomic E-state index is 11.2. The van der Waals surface area contributed by atoms with E-state index < -0.39 is 5.97 Å². The van der Waals surface area contributed by atoms with Crippen molar-refractivity contribution >= 4 is 17.3 Å². The van der Waals surface area contributed by atoms with Gasteiger partial charge in [-0.15, -0.1) is 11.3 Å². The molecule has 0 aromatic carbocycles. The van der Waals surface area contributed by atoms with Gasteiger partial charge in [0.15, 0.2) is 5.76 Å². The fraction of sp³-hybridized carbons (Fsp3) is 0.300. The summed E-state index contributed by atoms with van der Waals surface area (Å²) < 4.78 is 5.03. The number of carboxylic acids is 1. The molecular formula is C10H10N2O3S. The number of aryl methyl sites for hydroxylation is 2. The quantitative estimate of drug-likeness (QED) is 0.888. The highest BCUT2D eigenvalue weighted by atomic mass is 32.1. The molecule has 1 N–H and O–H groups in total. The van der Waals surface area contributed by atoms with Gasteiger partial charge in [0.1, 0.15) is 11.3 Å². The van der Waals surface area contributed by atoms with E-state index in [0.29, 0.717) is 17.9 Å². The van der Waals surface area contributed by atoms with Gasteiger partial charge in [-0.2, -0.15) is 0 Å². The predicted octanol–water partition coefficient (Wildman–Crippen LogP) is 2.37. The minimum atomic E-state index is -1.01. The number of aromatic carboxylic acids is 1. The van der Waals surface area contributed by atoms with E-state index in [1.54, 1.807) is 5.51 Å². The van der Waals surface area contributed by atoms with Crippen LogP contribution in [-0.4, -0.2) is 21.2 Å². The van der Waals surface area contributed by atoms with Gasteiger partial charge in [-0.1, -0.05) is 12.1 Å². The Morgan fingerprint density at radius 2 is 2.38 bits per heavy atom. The first kappa shape index (κ1) is 10.8. The number of thiazole rings is 1. The first-order chi connectivity index (χ1) is 7.65. The maximum Gasteiger partial charge on any atom is 0.341 e. The summed E-state index contributed by atoms with van der Waals surface area (Å²) in [5.74, 6) is -0.615. The molecule has 2 rings (SSSR count). The molecule has 0 unspecified atom stereocenters. The number of nitrogens with zero attached hydrogens (tertiary/aromatic N) is 2. The van der Waals surface area contributed by atoms with Crippen molar-refractivity contribution in [3.8, 4) is 10.6 Å². The lowest BCUT2D eigenvalue weighted by atomic mass is 10.1. The molecule has 5 nitrogen and oxygen atoms in total. The number of hydrogen-bond acceptors (Lipinski definition) is 5. The average molecular weight is 238 g/mol. The Bertz CT molecular complexity index is 530. The lowest BCUT2D eigenvalue weighted by Crippen LogP contribution is -2.00. The second-order valence-electron chi connectivity index (χ2n) is 3.25. The molecule has 2 aromatic rings. The minimum Gasteiger partial charge on any atom is -0.477 e. The Kier molecular flexibility index (Phi) is 2.74. The van der Waals surface area contributed by atoms with Crippen LogP contribution in [0.2, 0.25) is 0 Å². The van der Waals surface area contributed by atoms with Crippen LogP contribution in [0.1, 0.15) is 28.7 Å². The highest BCUT2D eigenvalue weighted by Crippen LogP contribution is 2.31. The molecule has 0 aliphatic carbocycles. The van der Waals surface area contributed by atoms with Gasteiger partial charge < -0.3 is 9.63 Å². The normalized spacial score (nSPS) is 10.6. The molecule has 0 amide bonds. The van der Waals surface area contributed by atoms with Crippen LogP contribution in [-0.2, 0) is 6.42 Å². The second-order valence-corrected chi connectivity index (χ2v) is 4.11. The number of carbonyl (C=O) groups is 1. The van der Waals surface area contributed by atoms with E-state index >= 15 is 0 Å². The molecule has 0 bridgehead atoms. The molecule has 2 aromatic heterocycles. The summed E-state index contributed by atoms with van der Waals surface area (Å²) in [6, 6.07) is 0. The van der Waals surface area contributed by atoms with E-state index in [9.17, 15) is 4.79 Å². The molecule has 0 aliphatic rings. The van der Waals surface area contributed by atoms with Crippen LogP contribution in [0.25, 0.3) is 10.6 Å². The Morgan fingerprint density at radius 3 is 2.88 bits per heavy atom. The van der Waals surface area contributed by atoms with E-state index in [1.165, 1.54) is 11.3 Å². The number of carboxylic acid groups (broad SMARTS) is 1. The van der Waals surface area contributed by atoms with Crippen molar-refractivity contribution in [2.45, 2.75) is 20.3 Å². The van der Waals surface area contributed by atoms with Gasteiger partial charge in [-0.25, -0.2) is 9.78 Å². The molecule has 0 atom stereocenters. The molecule has 6 heteroatoms. The zero-order valence-electron chi connectivity index (χ0n) is 8.85. The number of hydrogen-bond donors (Lipinski definition) is 1. The molecule has 84 valence electrons. The smallest absolute Gasteiger partial charge is 0.341 e. The fourth-order valence-corrected chi connectivity index (χ4v) is 2.26. The summed E-state index contributed by atoms with van der Waals surface area (Å²) >= 11 is 1.36. The summed E-state index contributed by atoms with van der Waals surface area (Å²) in [7, 11) is 0. The summed E-state index contributed by atoms with van der Waals surface area (Å²) in [4.78, 5) is 16.0. The van der Waals surface area contributed by atoms with Gasteiger partial charge in [-0.3, -0.25) is 0 Å². The highest BCUT2D eigenvalue weighted by molar-refractivity contribution is 7.13. The molecule has 0 radical (unpaired) electrons. The lowest BCUT2D eigenvalue weighted by Gasteiger charge is -1.95. The van der Waals surface area contributed by atoms with Gasteiger partial charge in [0.05, 0.1) is 16.1 Å². The van der Waals surface area contributed by atoms with Crippen molar-refractivity contribution < 1.29 is 14.4 Å². The zero-order chi connectivity index (χ0) is 11.7. The van der Waals surface area contributed by atoms with Crippen LogP contribution >= 0.6 is 11.3 Å². The van der Waals surface area contributed by atoms with E-state index in [-0.39, 0.29) is 5.56 Å². The van der Waals surface area contributed by atoms with Crippen molar-refractivity contribution in [1.82, 2.24) is 10.1 Å². The Morgan fingerprint density at radius 1 is 1.62 bits per heavy atom. The van der Waals surface area contributed by atoms with Gasteiger partial charge in [0.2, 0.25) is 0 Å². The number of aromatic nitrogens is 2. The summed E-state index contributed by atoms with van der Waals surface area (Å²) in [5.41, 5.74) is 2.96. The maximum atomic E-state index is 11.2. The number of rotatable bonds is 3. The van der Waals surface area contributed by atoms with Gasteiger partial charge in [0, 0.05) is 6.42 Å². The van der Waals surface area contributed by atoms with E-state index in [2.05, 4.69) is 10.1 Å². The average Bonchev–Trinajstić information content (AvgIpc) is 2.82. The zero-order valence-corrected chi connectivity index (χ0v) is 9.67. The molecule has 0 saturated heterocycles. The van der Waals surface area contributed by atoms with Crippen molar-refractivity contribution in [3.05, 3.63) is 22.5 Å². The largest absolute Gasteiger partial charge is 0.477 e. The second kappa shape index (κ2) is 4.05. The third kappa shape index (κ3) is 1.61. The molecule has 0 saturated carbocycles. The van der Waals surface area contributed by atoms with E-state index in [4.69, 9.17) is 9.63 Å². The Balaban J connectivity index is 2.62. The van der Waals surface area contributed by atoms with E-state index in [0.717, 1.165) is 10.6 Å². The standard InChI is InChI=1S/C10H10N2O3S/c1-3-6-7(10(13)14)8(12-15-6)9-5(2)11-4-16-9/h4H,3H2,1-2H3,(H,13,14). The van der Waals surface area contributed by atoms with Crippen LogP contribution < -0.4 is 0 Å². The molecule has 16 heavy (non-hydrogen) atoms. The molecular weight excluding hydrogens is 228 g/mol. The third-order valence-corrected chi connectivity index (χ3v) is 3.19. The van der Waals surface area contributed by atoms with Crippen molar-refractivity contribution in [1.29, 1.82) is 0 Å². The van der Waals surface area contributed by atoms with Crippen molar-refractivity contribution in [3.63, 3.8) is 0 Å². The van der Waals surface area contributed by atoms with Crippen LogP contribution in [0.5, 0.6) is 0 Å². The Hall–Kier alpha value is -1.69. The van der Waals surface area contributed by atoms with Gasteiger partial charge in [-0.05, 0) is 6.92 Å². The van der Waals surface area contributed by atoms with Crippen LogP contribution in [0.4, 0.5) is 0 Å². The topological polar surface area (TPSA) is 76.2 Å². The van der Waals surface area contributed by atoms with E-state index in [1.807, 2.05) is 13.8 Å². The van der Waals surface area contributed by atoms with Gasteiger partial charge >= 0.3 is 5.97 Å². The molecule has 0 fully saturated rings. The summed E-state index contributed by atoms with van der Waals surface area (Å²) in [6.07, 6.45) is 0.506. The predicted molar refractivity (Wildman–Crippen MR) is 58.7 cm³/mol. The summed E-state index contributed by atoms with van der Waals surface area (Å²) in [5, 5.41) is 13.0. The van der Waals surface area contributed by atoms with Crippen LogP contribution in [0.3, 0.4) is 0 Å². The minimum absolute atomic E-state index is 0.148. The third-order valence-electron chi connectivity index (χ3n) is 2.26. The Labute approximate surface area is 95.7 Å². The first-order valence-electron chi connectivity index (χ1n) is 4.77. The lowest BCUT2D eigenvalue weighted by molar-refractivity contribution is 0.0695. The molecule has 2 heterocycles. The molecule has 0 aliphatic heterocycles. The highest BCUT2D eigenvalue weighted by Gasteiger charge is 2.24. The van der Waals surface area contributed by atoms with Gasteiger partial charge in [0.25, 0.3) is 0 Å². The monoisotopic (exact) mass is 238 g/mol. The molecule has 0 spiro atoms. The first-order valence-corrected chi connectivity index (χ1v) is 5.65. The van der Waals surface area contributed by atoms with Crippen LogP contribution in [0.15, 0.2) is 10.0 Å². The fourth-order valence-electron chi connectivity index (χ4n) is 1.47. The SMILES string of the molecule is CCc1onc(-c2scnc2C)c1C(=O)O. The van der Waals surface area contributed by atoms with Crippen molar-refractivity contribution in [2.75, 3.05) is 0 Å². The van der Waals surface area contributed by atoms with Crippen LogP contribution in [0, 0.1) is 6.92 Å². The van der Waals surface area contributed by atoms with Crippen molar-refractivity contribution in [2.24, 2.45) is 0 Å². The summed E-state index contributed by atoms with van der Waals surface area (Å²) in [6.45, 7) is 3.65.